The second-order valence-electron chi connectivity index (χ2n) is 5.62. The fraction of sp³-hybridized carbons (Fsp3) is 0.0455. The van der Waals surface area contributed by atoms with Gasteiger partial charge in [0.15, 0.2) is 0 Å². The van der Waals surface area contributed by atoms with Crippen LogP contribution in [-0.4, -0.2) is 5.97 Å². The van der Waals surface area contributed by atoms with E-state index < -0.39 is 5.97 Å². The molecule has 3 aromatic carbocycles. The molecule has 0 unspecified atom stereocenters. The molecule has 0 saturated carbocycles. The lowest BCUT2D eigenvalue weighted by Crippen LogP contribution is -2.05. The number of hydrogen-bond donors (Lipinski definition) is 0. The summed E-state index contributed by atoms with van der Waals surface area (Å²) in [4.78, 5) is 12.2. The summed E-state index contributed by atoms with van der Waals surface area (Å²) >= 11 is 0. The number of hydrogen-bond acceptors (Lipinski definition) is 5. The average molecular weight is 354 g/mol. The standard InChI is InChI=1S/C22H14N2O3/c23-13-18-9-10-21(12-19(18)14-24)27-20-8-4-7-17(11-20)22(25)26-15-16-5-2-1-3-6-16/h1-12H,15H2. The van der Waals surface area contributed by atoms with E-state index in [-0.39, 0.29) is 17.7 Å². The molecule has 0 atom stereocenters. The zero-order valence-corrected chi connectivity index (χ0v) is 14.3. The second kappa shape index (κ2) is 8.33. The molecule has 0 N–H and O–H groups in total. The van der Waals surface area contributed by atoms with Crippen LogP contribution in [0.25, 0.3) is 0 Å². The summed E-state index contributed by atoms with van der Waals surface area (Å²) < 4.78 is 11.0. The van der Waals surface area contributed by atoms with Crippen LogP contribution in [0, 0.1) is 22.7 Å². The third-order valence-corrected chi connectivity index (χ3v) is 3.75. The van der Waals surface area contributed by atoms with Crippen molar-refractivity contribution in [2.75, 3.05) is 0 Å². The molecule has 0 bridgehead atoms. The molecule has 0 aromatic heterocycles. The molecule has 0 saturated heterocycles. The Bertz CT molecular complexity index is 1050. The highest BCUT2D eigenvalue weighted by atomic mass is 16.5. The molecule has 0 aliphatic carbocycles. The largest absolute Gasteiger partial charge is 0.457 e. The van der Waals surface area contributed by atoms with Crippen LogP contribution in [-0.2, 0) is 11.3 Å². The van der Waals surface area contributed by atoms with Crippen LogP contribution in [0.5, 0.6) is 11.5 Å². The molecule has 130 valence electrons. The molecule has 3 rings (SSSR count). The van der Waals surface area contributed by atoms with E-state index in [1.165, 1.54) is 12.1 Å². The molecule has 0 amide bonds. The van der Waals surface area contributed by atoms with E-state index in [0.29, 0.717) is 17.1 Å². The van der Waals surface area contributed by atoms with Gasteiger partial charge in [-0.15, -0.1) is 0 Å². The van der Waals surface area contributed by atoms with Crippen LogP contribution < -0.4 is 4.74 Å². The first-order valence-electron chi connectivity index (χ1n) is 8.13. The van der Waals surface area contributed by atoms with E-state index in [1.807, 2.05) is 42.5 Å². The first kappa shape index (κ1) is 17.7. The number of benzene rings is 3. The Kier molecular flexibility index (Phi) is 5.47. The summed E-state index contributed by atoms with van der Waals surface area (Å²) in [5, 5.41) is 18.1. The van der Waals surface area contributed by atoms with E-state index in [0.717, 1.165) is 5.56 Å². The number of esters is 1. The molecule has 0 radical (unpaired) electrons. The van der Waals surface area contributed by atoms with Gasteiger partial charge in [-0.05, 0) is 42.0 Å². The smallest absolute Gasteiger partial charge is 0.338 e. The molecule has 3 aromatic rings. The van der Waals surface area contributed by atoms with Crippen LogP contribution in [0.1, 0.15) is 27.0 Å². The Morgan fingerprint density at radius 2 is 1.56 bits per heavy atom. The van der Waals surface area contributed by atoms with Gasteiger partial charge in [-0.2, -0.15) is 10.5 Å². The predicted octanol–water partition coefficient (Wildman–Crippen LogP) is 4.58. The summed E-state index contributed by atoms with van der Waals surface area (Å²) in [6.45, 7) is 0.186. The van der Waals surface area contributed by atoms with E-state index >= 15 is 0 Å². The maximum atomic E-state index is 12.2. The SMILES string of the molecule is N#Cc1ccc(Oc2cccc(C(=O)OCc3ccccc3)c2)cc1C#N. The third kappa shape index (κ3) is 4.50. The van der Waals surface area contributed by atoms with Crippen molar-refractivity contribution >= 4 is 5.97 Å². The highest BCUT2D eigenvalue weighted by Crippen LogP contribution is 2.25. The summed E-state index contributed by atoms with van der Waals surface area (Å²) in [7, 11) is 0. The van der Waals surface area contributed by atoms with Gasteiger partial charge in [-0.25, -0.2) is 4.79 Å². The normalized spacial score (nSPS) is 9.70. The Hall–Kier alpha value is -4.09. The van der Waals surface area contributed by atoms with Crippen molar-refractivity contribution in [3.8, 4) is 23.6 Å². The van der Waals surface area contributed by atoms with Crippen molar-refractivity contribution in [2.45, 2.75) is 6.61 Å². The Morgan fingerprint density at radius 3 is 2.30 bits per heavy atom. The van der Waals surface area contributed by atoms with Gasteiger partial charge in [0.05, 0.1) is 16.7 Å². The zero-order valence-electron chi connectivity index (χ0n) is 14.3. The van der Waals surface area contributed by atoms with E-state index in [4.69, 9.17) is 20.0 Å². The Balaban J connectivity index is 1.71. The second-order valence-corrected chi connectivity index (χ2v) is 5.62. The molecule has 0 aliphatic rings. The first-order chi connectivity index (χ1) is 13.2. The zero-order chi connectivity index (χ0) is 19.1. The van der Waals surface area contributed by atoms with Gasteiger partial charge in [0.25, 0.3) is 0 Å². The number of nitriles is 2. The Morgan fingerprint density at radius 1 is 0.815 bits per heavy atom. The summed E-state index contributed by atoms with van der Waals surface area (Å²) in [6, 6.07) is 24.5. The number of rotatable bonds is 5. The lowest BCUT2D eigenvalue weighted by atomic mass is 10.1. The van der Waals surface area contributed by atoms with Gasteiger partial charge in [0.1, 0.15) is 30.2 Å². The lowest BCUT2D eigenvalue weighted by molar-refractivity contribution is 0.0472. The molecule has 5 heteroatoms. The maximum Gasteiger partial charge on any atom is 0.338 e. The summed E-state index contributed by atoms with van der Waals surface area (Å²) in [5.74, 6) is 0.375. The van der Waals surface area contributed by atoms with Gasteiger partial charge in [0, 0.05) is 0 Å². The van der Waals surface area contributed by atoms with Crippen LogP contribution in [0.15, 0.2) is 72.8 Å². The minimum absolute atomic E-state index is 0.186. The van der Waals surface area contributed by atoms with Crippen molar-refractivity contribution in [3.05, 3.63) is 95.1 Å². The highest BCUT2D eigenvalue weighted by molar-refractivity contribution is 5.89. The molecule has 0 aliphatic heterocycles. The molecular weight excluding hydrogens is 340 g/mol. The number of carbonyl (C=O) groups is 1. The maximum absolute atomic E-state index is 12.2. The average Bonchev–Trinajstić information content (AvgIpc) is 2.73. The Labute approximate surface area is 156 Å². The van der Waals surface area contributed by atoms with Crippen LogP contribution >= 0.6 is 0 Å². The molecule has 0 fully saturated rings. The molecule has 5 nitrogen and oxygen atoms in total. The quantitative estimate of drug-likeness (QED) is 0.626. The van der Waals surface area contributed by atoms with Gasteiger partial charge in [-0.3, -0.25) is 0 Å². The molecule has 27 heavy (non-hydrogen) atoms. The van der Waals surface area contributed by atoms with E-state index in [2.05, 4.69) is 0 Å². The minimum atomic E-state index is -0.457. The van der Waals surface area contributed by atoms with Gasteiger partial charge >= 0.3 is 5.97 Å². The predicted molar refractivity (Wildman–Crippen MR) is 97.9 cm³/mol. The van der Waals surface area contributed by atoms with E-state index in [1.54, 1.807) is 30.3 Å². The monoisotopic (exact) mass is 354 g/mol. The minimum Gasteiger partial charge on any atom is -0.457 e. The van der Waals surface area contributed by atoms with Crippen molar-refractivity contribution in [3.63, 3.8) is 0 Å². The van der Waals surface area contributed by atoms with Crippen LogP contribution in [0.3, 0.4) is 0 Å². The van der Waals surface area contributed by atoms with Crippen molar-refractivity contribution in [1.82, 2.24) is 0 Å². The van der Waals surface area contributed by atoms with Crippen molar-refractivity contribution in [2.24, 2.45) is 0 Å². The van der Waals surface area contributed by atoms with Crippen LogP contribution in [0.4, 0.5) is 0 Å². The van der Waals surface area contributed by atoms with Crippen molar-refractivity contribution in [1.29, 1.82) is 10.5 Å². The third-order valence-electron chi connectivity index (χ3n) is 3.75. The summed E-state index contributed by atoms with van der Waals surface area (Å²) in [5.41, 5.74) is 1.77. The molecule has 0 heterocycles. The number of nitrogens with zero attached hydrogens (tertiary/aromatic N) is 2. The van der Waals surface area contributed by atoms with Gasteiger partial charge in [0.2, 0.25) is 0 Å². The first-order valence-corrected chi connectivity index (χ1v) is 8.13. The van der Waals surface area contributed by atoms with Crippen LogP contribution in [0.2, 0.25) is 0 Å². The van der Waals surface area contributed by atoms with Gasteiger partial charge in [-0.1, -0.05) is 36.4 Å². The number of carbonyl (C=O) groups excluding carboxylic acids is 1. The summed E-state index contributed by atoms with van der Waals surface area (Å²) in [6.07, 6.45) is 0. The fourth-order valence-electron chi connectivity index (χ4n) is 2.41. The molecule has 0 spiro atoms. The number of ether oxygens (including phenoxy) is 2. The van der Waals surface area contributed by atoms with Gasteiger partial charge < -0.3 is 9.47 Å². The van der Waals surface area contributed by atoms with E-state index in [9.17, 15) is 4.79 Å². The van der Waals surface area contributed by atoms with Crippen molar-refractivity contribution < 1.29 is 14.3 Å². The molecular formula is C22H14N2O3. The highest BCUT2D eigenvalue weighted by Gasteiger charge is 2.10. The fourth-order valence-corrected chi connectivity index (χ4v) is 2.41. The topological polar surface area (TPSA) is 83.1 Å². The lowest BCUT2D eigenvalue weighted by Gasteiger charge is -2.09.